The van der Waals surface area contributed by atoms with Gasteiger partial charge in [0.2, 0.25) is 5.91 Å². The van der Waals surface area contributed by atoms with E-state index in [0.29, 0.717) is 31.9 Å². The van der Waals surface area contributed by atoms with Gasteiger partial charge in [0.25, 0.3) is 0 Å². The SMILES string of the molecule is CCOC(=O)c1ccc(N(Cc2c(Cl)cccc2Cl)C(=O)CSc2ccc(Cl)cc2)cc1. The number of carbonyl (C=O) groups excluding carboxylic acids is 2. The molecule has 0 saturated carbocycles. The fraction of sp³-hybridized carbons (Fsp3) is 0.167. The minimum Gasteiger partial charge on any atom is -0.462 e. The molecular weight excluding hydrogens is 489 g/mol. The Balaban J connectivity index is 1.85. The highest BCUT2D eigenvalue weighted by Gasteiger charge is 2.20. The molecule has 0 heterocycles. The van der Waals surface area contributed by atoms with Crippen LogP contribution >= 0.6 is 46.6 Å². The number of benzene rings is 3. The lowest BCUT2D eigenvalue weighted by Gasteiger charge is -2.24. The first kappa shape index (κ1) is 24.5. The summed E-state index contributed by atoms with van der Waals surface area (Å²) in [6.45, 7) is 2.23. The predicted octanol–water partition coefficient (Wildman–Crippen LogP) is 7.15. The fourth-order valence-electron chi connectivity index (χ4n) is 2.91. The Morgan fingerprint density at radius 2 is 1.53 bits per heavy atom. The summed E-state index contributed by atoms with van der Waals surface area (Å²) in [4.78, 5) is 27.7. The second-order valence-corrected chi connectivity index (χ2v) is 8.99. The molecule has 4 nitrogen and oxygen atoms in total. The van der Waals surface area contributed by atoms with Crippen LogP contribution in [0.15, 0.2) is 71.6 Å². The Labute approximate surface area is 206 Å². The molecule has 3 aromatic carbocycles. The van der Waals surface area contributed by atoms with Crippen molar-refractivity contribution < 1.29 is 14.3 Å². The molecule has 0 aliphatic carbocycles. The second-order valence-electron chi connectivity index (χ2n) is 6.69. The van der Waals surface area contributed by atoms with Gasteiger partial charge in [-0.2, -0.15) is 0 Å². The molecule has 0 unspecified atom stereocenters. The molecule has 166 valence electrons. The van der Waals surface area contributed by atoms with Gasteiger partial charge in [-0.1, -0.05) is 40.9 Å². The molecule has 0 aliphatic heterocycles. The lowest BCUT2D eigenvalue weighted by atomic mass is 10.1. The van der Waals surface area contributed by atoms with E-state index in [4.69, 9.17) is 39.5 Å². The van der Waals surface area contributed by atoms with E-state index in [1.54, 1.807) is 66.4 Å². The van der Waals surface area contributed by atoms with E-state index in [0.717, 1.165) is 4.90 Å². The third kappa shape index (κ3) is 6.42. The van der Waals surface area contributed by atoms with Gasteiger partial charge in [-0.05, 0) is 67.6 Å². The molecule has 0 aromatic heterocycles. The Morgan fingerprint density at radius 3 is 2.12 bits per heavy atom. The standard InChI is InChI=1S/C24H20Cl3NO3S/c1-2-31-24(30)16-6-10-18(11-7-16)28(14-20-21(26)4-3-5-22(20)27)23(29)15-32-19-12-8-17(25)9-13-19/h3-13H,2,14-15H2,1H3. The maximum absolute atomic E-state index is 13.2. The predicted molar refractivity (Wildman–Crippen MR) is 132 cm³/mol. The van der Waals surface area contributed by atoms with Crippen LogP contribution in [-0.4, -0.2) is 24.2 Å². The van der Waals surface area contributed by atoms with Crippen molar-refractivity contribution in [2.45, 2.75) is 18.4 Å². The minimum atomic E-state index is -0.413. The van der Waals surface area contributed by atoms with Crippen molar-refractivity contribution in [3.8, 4) is 0 Å². The number of amides is 1. The van der Waals surface area contributed by atoms with E-state index < -0.39 is 5.97 Å². The summed E-state index contributed by atoms with van der Waals surface area (Å²) in [6.07, 6.45) is 0. The van der Waals surface area contributed by atoms with Gasteiger partial charge in [0.05, 0.1) is 24.5 Å². The highest BCUT2D eigenvalue weighted by Crippen LogP contribution is 2.29. The molecule has 1 amide bonds. The number of ether oxygens (including phenoxy) is 1. The van der Waals surface area contributed by atoms with Gasteiger partial charge in [-0.25, -0.2) is 4.79 Å². The van der Waals surface area contributed by atoms with Gasteiger partial charge in [0, 0.05) is 31.2 Å². The Hall–Kier alpha value is -2.18. The average molecular weight is 509 g/mol. The summed E-state index contributed by atoms with van der Waals surface area (Å²) >= 11 is 20.0. The van der Waals surface area contributed by atoms with E-state index in [1.807, 2.05) is 12.1 Å². The molecule has 0 spiro atoms. The van der Waals surface area contributed by atoms with Gasteiger partial charge in [-0.3, -0.25) is 4.79 Å². The van der Waals surface area contributed by atoms with Crippen LogP contribution in [0.1, 0.15) is 22.8 Å². The third-order valence-corrected chi connectivity index (χ3v) is 6.50. The first-order chi connectivity index (χ1) is 15.4. The number of hydrogen-bond acceptors (Lipinski definition) is 4. The number of thioether (sulfide) groups is 1. The van der Waals surface area contributed by atoms with Crippen LogP contribution in [0.2, 0.25) is 15.1 Å². The summed E-state index contributed by atoms with van der Waals surface area (Å²) in [6, 6.07) is 19.2. The topological polar surface area (TPSA) is 46.6 Å². The van der Waals surface area contributed by atoms with E-state index >= 15 is 0 Å². The number of hydrogen-bond donors (Lipinski definition) is 0. The van der Waals surface area contributed by atoms with Crippen molar-refractivity contribution in [2.24, 2.45) is 0 Å². The van der Waals surface area contributed by atoms with Crippen LogP contribution in [0.4, 0.5) is 5.69 Å². The van der Waals surface area contributed by atoms with Crippen molar-refractivity contribution in [3.63, 3.8) is 0 Å². The minimum absolute atomic E-state index is 0.134. The van der Waals surface area contributed by atoms with E-state index in [-0.39, 0.29) is 24.8 Å². The van der Waals surface area contributed by atoms with Crippen molar-refractivity contribution in [2.75, 3.05) is 17.3 Å². The Bertz CT molecular complexity index is 1070. The average Bonchev–Trinajstić information content (AvgIpc) is 2.79. The lowest BCUT2D eigenvalue weighted by Crippen LogP contribution is -2.32. The van der Waals surface area contributed by atoms with E-state index in [9.17, 15) is 9.59 Å². The monoisotopic (exact) mass is 507 g/mol. The van der Waals surface area contributed by atoms with Crippen molar-refractivity contribution in [1.29, 1.82) is 0 Å². The molecule has 0 fully saturated rings. The molecule has 0 aliphatic rings. The van der Waals surface area contributed by atoms with Crippen molar-refractivity contribution in [1.82, 2.24) is 0 Å². The molecule has 32 heavy (non-hydrogen) atoms. The maximum atomic E-state index is 13.2. The zero-order valence-corrected chi connectivity index (χ0v) is 20.3. The summed E-state index contributed by atoms with van der Waals surface area (Å²) in [7, 11) is 0. The van der Waals surface area contributed by atoms with Gasteiger partial charge in [0.15, 0.2) is 0 Å². The summed E-state index contributed by atoms with van der Waals surface area (Å²) in [5.41, 5.74) is 1.68. The van der Waals surface area contributed by atoms with Gasteiger partial charge < -0.3 is 9.64 Å². The normalized spacial score (nSPS) is 10.6. The van der Waals surface area contributed by atoms with E-state index in [1.165, 1.54) is 11.8 Å². The maximum Gasteiger partial charge on any atom is 0.338 e. The van der Waals surface area contributed by atoms with Crippen LogP contribution in [0, 0.1) is 0 Å². The van der Waals surface area contributed by atoms with Crippen LogP contribution in [0.25, 0.3) is 0 Å². The van der Waals surface area contributed by atoms with Gasteiger partial charge >= 0.3 is 5.97 Å². The molecule has 0 saturated heterocycles. The zero-order valence-electron chi connectivity index (χ0n) is 17.2. The molecule has 8 heteroatoms. The highest BCUT2D eigenvalue weighted by molar-refractivity contribution is 8.00. The number of anilines is 1. The summed E-state index contributed by atoms with van der Waals surface area (Å²) in [5.74, 6) is -0.349. The third-order valence-electron chi connectivity index (χ3n) is 4.55. The molecular formula is C24H20Cl3NO3S. The summed E-state index contributed by atoms with van der Waals surface area (Å²) < 4.78 is 5.03. The second kappa shape index (κ2) is 11.6. The Kier molecular flexibility index (Phi) is 8.88. The fourth-order valence-corrected chi connectivity index (χ4v) is 4.33. The first-order valence-electron chi connectivity index (χ1n) is 9.78. The molecule has 3 aromatic rings. The Morgan fingerprint density at radius 1 is 0.906 bits per heavy atom. The van der Waals surface area contributed by atoms with Crippen molar-refractivity contribution >= 4 is 64.1 Å². The molecule has 3 rings (SSSR count). The molecule has 0 radical (unpaired) electrons. The van der Waals surface area contributed by atoms with Crippen LogP contribution in [0.3, 0.4) is 0 Å². The summed E-state index contributed by atoms with van der Waals surface area (Å²) in [5, 5.41) is 1.59. The van der Waals surface area contributed by atoms with Crippen LogP contribution < -0.4 is 4.90 Å². The van der Waals surface area contributed by atoms with Crippen LogP contribution in [-0.2, 0) is 16.1 Å². The number of rotatable bonds is 8. The van der Waals surface area contributed by atoms with Gasteiger partial charge in [0.1, 0.15) is 0 Å². The van der Waals surface area contributed by atoms with E-state index in [2.05, 4.69) is 0 Å². The number of esters is 1. The smallest absolute Gasteiger partial charge is 0.338 e. The molecule has 0 bridgehead atoms. The number of carbonyl (C=O) groups is 2. The highest BCUT2D eigenvalue weighted by atomic mass is 35.5. The molecule has 0 N–H and O–H groups in total. The first-order valence-corrected chi connectivity index (χ1v) is 11.9. The number of nitrogens with zero attached hydrogens (tertiary/aromatic N) is 1. The van der Waals surface area contributed by atoms with Gasteiger partial charge in [-0.15, -0.1) is 11.8 Å². The lowest BCUT2D eigenvalue weighted by molar-refractivity contribution is -0.116. The zero-order chi connectivity index (χ0) is 23.1. The van der Waals surface area contributed by atoms with Crippen LogP contribution in [0.5, 0.6) is 0 Å². The van der Waals surface area contributed by atoms with Crippen molar-refractivity contribution in [3.05, 3.63) is 92.9 Å². The molecule has 0 atom stereocenters. The quantitative estimate of drug-likeness (QED) is 0.239. The number of halogens is 3. The largest absolute Gasteiger partial charge is 0.462 e.